The van der Waals surface area contributed by atoms with Crippen LogP contribution in [0.2, 0.25) is 0 Å². The van der Waals surface area contributed by atoms with Crippen molar-refractivity contribution in [2.24, 2.45) is 5.11 Å². The zero-order valence-corrected chi connectivity index (χ0v) is 17.9. The molecule has 0 saturated carbocycles. The monoisotopic (exact) mass is 399 g/mol. The summed E-state index contributed by atoms with van der Waals surface area (Å²) in [5.41, 5.74) is 9.59. The normalized spacial score (nSPS) is 10.6. The van der Waals surface area contributed by atoms with E-state index in [2.05, 4.69) is 12.0 Å². The van der Waals surface area contributed by atoms with Crippen LogP contribution in [0, 0.1) is 12.5 Å². The molecule has 0 heterocycles. The summed E-state index contributed by atoms with van der Waals surface area (Å²) in [6.45, 7) is 10.0. The van der Waals surface area contributed by atoms with Crippen LogP contribution in [-0.2, 0) is 0 Å². The van der Waals surface area contributed by atoms with E-state index in [-0.39, 0.29) is 5.91 Å². The van der Waals surface area contributed by atoms with Gasteiger partial charge in [0, 0.05) is 24.1 Å². The predicted molar refractivity (Wildman–Crippen MR) is 114 cm³/mol. The van der Waals surface area contributed by atoms with E-state index in [1.807, 2.05) is 62.1 Å². The van der Waals surface area contributed by atoms with Gasteiger partial charge >= 0.3 is 0 Å². The number of hydrogen-bond acceptors (Lipinski definition) is 5. The molecule has 6 heteroatoms. The molecule has 0 bridgehead atoms. The van der Waals surface area contributed by atoms with Crippen LogP contribution in [-0.4, -0.2) is 30.5 Å². The lowest BCUT2D eigenvalue weighted by atomic mass is 10.2. The van der Waals surface area contributed by atoms with Crippen molar-refractivity contribution < 1.29 is 9.53 Å². The largest absolute Gasteiger partial charge is 0.492 e. The third kappa shape index (κ3) is 5.35. The summed E-state index contributed by atoms with van der Waals surface area (Å²) in [6.07, 6.45) is 2.01. The van der Waals surface area contributed by atoms with Gasteiger partial charge in [0.25, 0.3) is 5.91 Å². The van der Waals surface area contributed by atoms with E-state index in [9.17, 15) is 4.79 Å². The molecule has 5 nitrogen and oxygen atoms in total. The van der Waals surface area contributed by atoms with Gasteiger partial charge in [-0.1, -0.05) is 37.2 Å². The highest BCUT2D eigenvalue weighted by Crippen LogP contribution is 2.40. The third-order valence-corrected chi connectivity index (χ3v) is 5.64. The molecule has 1 N–H and O–H groups in total. The Morgan fingerprint density at radius 2 is 1.86 bits per heavy atom. The fourth-order valence-electron chi connectivity index (χ4n) is 2.82. The van der Waals surface area contributed by atoms with Crippen LogP contribution in [0.25, 0.3) is 0 Å². The van der Waals surface area contributed by atoms with Gasteiger partial charge in [-0.3, -0.25) is 4.79 Å². The van der Waals surface area contributed by atoms with E-state index in [1.54, 1.807) is 0 Å². The van der Waals surface area contributed by atoms with Crippen molar-refractivity contribution in [3.63, 3.8) is 0 Å². The van der Waals surface area contributed by atoms with Crippen molar-refractivity contribution >= 4 is 23.4 Å². The van der Waals surface area contributed by atoms with Crippen molar-refractivity contribution in [2.45, 2.75) is 50.3 Å². The maximum Gasteiger partial charge on any atom is 0.254 e. The topological polar surface area (TPSA) is 65.8 Å². The summed E-state index contributed by atoms with van der Waals surface area (Å²) in [4.78, 5) is 16.6. The smallest absolute Gasteiger partial charge is 0.254 e. The van der Waals surface area contributed by atoms with Gasteiger partial charge in [0.05, 0.1) is 22.8 Å². The van der Waals surface area contributed by atoms with E-state index in [0.29, 0.717) is 36.7 Å². The number of nitrogens with zero attached hydrogens (tertiary/aromatic N) is 2. The van der Waals surface area contributed by atoms with Crippen molar-refractivity contribution in [3.8, 4) is 5.75 Å². The number of unbranched alkanes of at least 4 members (excludes halogenated alkanes) is 1. The highest BCUT2D eigenvalue weighted by Gasteiger charge is 2.18. The van der Waals surface area contributed by atoms with Gasteiger partial charge in [0.2, 0.25) is 0 Å². The van der Waals surface area contributed by atoms with Gasteiger partial charge in [0.15, 0.2) is 0 Å². The fourth-order valence-corrected chi connectivity index (χ4v) is 3.93. The minimum atomic E-state index is 0.0380. The number of nitrogens with one attached hydrogen (secondary N) is 1. The predicted octanol–water partition coefficient (Wildman–Crippen LogP) is 6.47. The molecule has 0 unspecified atom stereocenters. The second kappa shape index (κ2) is 10.9. The molecule has 0 atom stereocenters. The standard InChI is InChI=1S/C22H29N3O2S/c1-5-8-13-27-19-15-18(24-23)16(4)14-21(19)28-20-12-10-9-11-17(20)22(26)25(6-2)7-3/h9-12,14-15,23H,5-8,13H2,1-4H3. The summed E-state index contributed by atoms with van der Waals surface area (Å²) >= 11 is 1.52. The van der Waals surface area contributed by atoms with E-state index in [0.717, 1.165) is 28.2 Å². The number of aryl methyl sites for hydroxylation is 1. The first-order chi connectivity index (χ1) is 13.5. The summed E-state index contributed by atoms with van der Waals surface area (Å²) in [7, 11) is 0. The van der Waals surface area contributed by atoms with Crippen LogP contribution >= 0.6 is 11.8 Å². The van der Waals surface area contributed by atoms with Gasteiger partial charge in [0.1, 0.15) is 5.75 Å². The second-order valence-corrected chi connectivity index (χ2v) is 7.56. The van der Waals surface area contributed by atoms with Crippen LogP contribution in [0.1, 0.15) is 49.5 Å². The molecular formula is C22H29N3O2S. The Balaban J connectivity index is 2.41. The molecule has 28 heavy (non-hydrogen) atoms. The molecule has 0 aromatic heterocycles. The minimum Gasteiger partial charge on any atom is -0.492 e. The Hall–Kier alpha value is -2.34. The number of carbonyl (C=O) groups is 1. The summed E-state index contributed by atoms with van der Waals surface area (Å²) in [5.74, 6) is 0.746. The van der Waals surface area contributed by atoms with E-state index < -0.39 is 0 Å². The van der Waals surface area contributed by atoms with Crippen molar-refractivity contribution in [1.82, 2.24) is 4.90 Å². The van der Waals surface area contributed by atoms with E-state index >= 15 is 0 Å². The molecule has 2 rings (SSSR count). The lowest BCUT2D eigenvalue weighted by molar-refractivity contribution is 0.0769. The summed E-state index contributed by atoms with van der Waals surface area (Å²) < 4.78 is 5.98. The number of rotatable bonds is 10. The number of amides is 1. The lowest BCUT2D eigenvalue weighted by Crippen LogP contribution is -2.30. The molecular weight excluding hydrogens is 370 g/mol. The number of hydrogen-bond donors (Lipinski definition) is 1. The zero-order valence-electron chi connectivity index (χ0n) is 17.1. The lowest BCUT2D eigenvalue weighted by Gasteiger charge is -2.20. The Labute approximate surface area is 172 Å². The van der Waals surface area contributed by atoms with Crippen LogP contribution in [0.3, 0.4) is 0 Å². The molecule has 1 amide bonds. The van der Waals surface area contributed by atoms with Crippen molar-refractivity contribution in [2.75, 3.05) is 19.7 Å². The number of ether oxygens (including phenoxy) is 1. The maximum atomic E-state index is 12.9. The number of benzene rings is 2. The SMILES string of the molecule is CCCCOc1cc(N=N)c(C)cc1Sc1ccccc1C(=O)N(CC)CC. The van der Waals surface area contributed by atoms with Crippen molar-refractivity contribution in [1.29, 1.82) is 5.53 Å². The van der Waals surface area contributed by atoms with Gasteiger partial charge < -0.3 is 9.64 Å². The first kappa shape index (κ1) is 22.0. The molecule has 0 saturated heterocycles. The van der Waals surface area contributed by atoms with Gasteiger partial charge in [-0.25, -0.2) is 5.53 Å². The second-order valence-electron chi connectivity index (χ2n) is 6.47. The molecule has 0 spiro atoms. The van der Waals surface area contributed by atoms with E-state index in [4.69, 9.17) is 10.3 Å². The van der Waals surface area contributed by atoms with Crippen LogP contribution in [0.15, 0.2) is 51.3 Å². The quantitative estimate of drug-likeness (QED) is 0.368. The Bertz CT molecular complexity index is 819. The molecule has 150 valence electrons. The Kier molecular flexibility index (Phi) is 8.51. The van der Waals surface area contributed by atoms with Crippen LogP contribution in [0.5, 0.6) is 5.75 Å². The zero-order chi connectivity index (χ0) is 20.5. The third-order valence-electron chi connectivity index (χ3n) is 4.53. The highest BCUT2D eigenvalue weighted by atomic mass is 32.2. The van der Waals surface area contributed by atoms with Gasteiger partial charge in [-0.15, -0.1) is 0 Å². The summed E-state index contributed by atoms with van der Waals surface area (Å²) in [6, 6.07) is 11.5. The molecule has 0 radical (unpaired) electrons. The number of carbonyl (C=O) groups excluding carboxylic acids is 1. The van der Waals surface area contributed by atoms with Crippen LogP contribution in [0.4, 0.5) is 5.69 Å². The Morgan fingerprint density at radius 1 is 1.14 bits per heavy atom. The van der Waals surface area contributed by atoms with E-state index in [1.165, 1.54) is 11.8 Å². The average molecular weight is 400 g/mol. The first-order valence-corrected chi connectivity index (χ1v) is 10.6. The molecule has 2 aromatic rings. The minimum absolute atomic E-state index is 0.0380. The molecule has 2 aromatic carbocycles. The first-order valence-electron chi connectivity index (χ1n) is 9.76. The molecule has 0 aliphatic rings. The van der Waals surface area contributed by atoms with Gasteiger partial charge in [-0.2, -0.15) is 5.11 Å². The van der Waals surface area contributed by atoms with Gasteiger partial charge in [-0.05, 0) is 51.0 Å². The molecule has 0 aliphatic heterocycles. The Morgan fingerprint density at radius 3 is 2.50 bits per heavy atom. The molecule has 0 aliphatic carbocycles. The maximum absolute atomic E-state index is 12.9. The fraction of sp³-hybridized carbons (Fsp3) is 0.409. The van der Waals surface area contributed by atoms with Crippen molar-refractivity contribution in [3.05, 3.63) is 47.5 Å². The molecule has 0 fully saturated rings. The van der Waals surface area contributed by atoms with Crippen LogP contribution < -0.4 is 4.74 Å². The average Bonchev–Trinajstić information content (AvgIpc) is 2.71. The highest BCUT2D eigenvalue weighted by molar-refractivity contribution is 7.99. The summed E-state index contributed by atoms with van der Waals surface area (Å²) in [5, 5.41) is 3.60.